The van der Waals surface area contributed by atoms with E-state index in [-0.39, 0.29) is 11.9 Å². The van der Waals surface area contributed by atoms with Crippen LogP contribution in [0.4, 0.5) is 0 Å². The molecule has 3 rings (SSSR count). The average molecular weight is 314 g/mol. The van der Waals surface area contributed by atoms with Crippen molar-refractivity contribution >= 4 is 23.2 Å². The fraction of sp³-hybridized carbons (Fsp3) is 0.312. The summed E-state index contributed by atoms with van der Waals surface area (Å²) in [7, 11) is 1.73. The topological polar surface area (TPSA) is 52.2 Å². The third-order valence-electron chi connectivity index (χ3n) is 3.97. The first-order valence-electron chi connectivity index (χ1n) is 7.29. The molecule has 2 heterocycles. The number of hydrogen-bond acceptors (Lipinski definition) is 3. The number of nitrogens with zero attached hydrogens (tertiary/aromatic N) is 3. The third kappa shape index (κ3) is 2.50. The number of aromatic nitrogens is 2. The molecule has 22 heavy (non-hydrogen) atoms. The predicted molar refractivity (Wildman–Crippen MR) is 89.3 cm³/mol. The van der Waals surface area contributed by atoms with Crippen LogP contribution in [0.5, 0.6) is 0 Å². The van der Waals surface area contributed by atoms with Gasteiger partial charge in [-0.1, -0.05) is 30.3 Å². The van der Waals surface area contributed by atoms with Crippen molar-refractivity contribution in [1.82, 2.24) is 19.8 Å². The monoisotopic (exact) mass is 314 g/mol. The summed E-state index contributed by atoms with van der Waals surface area (Å²) in [5, 5.41) is 0.590. The highest BCUT2D eigenvalue weighted by Gasteiger charge is 2.39. The van der Waals surface area contributed by atoms with Crippen molar-refractivity contribution in [3.05, 3.63) is 42.4 Å². The fourth-order valence-corrected chi connectivity index (χ4v) is 3.09. The Labute approximate surface area is 135 Å². The standard InChI is InChI=1S/C16H18N4OS/c1-3-20-13(15(21)19(2)16(20)22)9-14-17-10-12(18-14)11-7-5-4-6-8-11/h4-8,10,13H,3,9H2,1-2H3,(H,17,18)/t13-/m0/s1. The lowest BCUT2D eigenvalue weighted by Gasteiger charge is -2.20. The van der Waals surface area contributed by atoms with Crippen molar-refractivity contribution in [2.24, 2.45) is 0 Å². The zero-order valence-corrected chi connectivity index (χ0v) is 13.4. The second kappa shape index (κ2) is 5.88. The van der Waals surface area contributed by atoms with Gasteiger partial charge in [0.2, 0.25) is 0 Å². The number of aromatic amines is 1. The first kappa shape index (κ1) is 14.7. The first-order valence-corrected chi connectivity index (χ1v) is 7.70. The number of H-pyrrole nitrogens is 1. The Morgan fingerprint density at radius 2 is 2.05 bits per heavy atom. The van der Waals surface area contributed by atoms with E-state index in [1.165, 1.54) is 0 Å². The van der Waals surface area contributed by atoms with Crippen LogP contribution < -0.4 is 0 Å². The molecule has 0 bridgehead atoms. The van der Waals surface area contributed by atoms with E-state index in [1.54, 1.807) is 11.9 Å². The molecule has 1 aromatic carbocycles. The second-order valence-electron chi connectivity index (χ2n) is 5.30. The molecule has 114 valence electrons. The Morgan fingerprint density at radius 3 is 2.73 bits per heavy atom. The van der Waals surface area contributed by atoms with Crippen molar-refractivity contribution in [2.75, 3.05) is 13.6 Å². The molecule has 1 N–H and O–H groups in total. The molecule has 1 fully saturated rings. The van der Waals surface area contributed by atoms with Gasteiger partial charge in [0.15, 0.2) is 5.11 Å². The molecule has 0 aliphatic carbocycles. The number of rotatable bonds is 4. The average Bonchev–Trinajstić information content (AvgIpc) is 3.09. The maximum atomic E-state index is 12.3. The van der Waals surface area contributed by atoms with E-state index in [1.807, 2.05) is 48.4 Å². The second-order valence-corrected chi connectivity index (χ2v) is 5.66. The van der Waals surface area contributed by atoms with E-state index in [0.29, 0.717) is 18.1 Å². The number of nitrogens with one attached hydrogen (secondary N) is 1. The highest BCUT2D eigenvalue weighted by Crippen LogP contribution is 2.21. The molecule has 5 nitrogen and oxygen atoms in total. The number of hydrogen-bond donors (Lipinski definition) is 1. The van der Waals surface area contributed by atoms with E-state index >= 15 is 0 Å². The first-order chi connectivity index (χ1) is 10.6. The van der Waals surface area contributed by atoms with E-state index in [9.17, 15) is 4.79 Å². The Bertz CT molecular complexity index is 697. The van der Waals surface area contributed by atoms with Crippen LogP contribution in [0.1, 0.15) is 12.7 Å². The molecule has 1 aliphatic heterocycles. The number of carbonyl (C=O) groups excluding carboxylic acids is 1. The Morgan fingerprint density at radius 1 is 1.32 bits per heavy atom. The van der Waals surface area contributed by atoms with Gasteiger partial charge in [-0.3, -0.25) is 9.69 Å². The molecule has 1 aromatic heterocycles. The van der Waals surface area contributed by atoms with E-state index in [2.05, 4.69) is 9.97 Å². The maximum Gasteiger partial charge on any atom is 0.251 e. The normalized spacial score (nSPS) is 18.4. The molecule has 1 atom stereocenters. The lowest BCUT2D eigenvalue weighted by molar-refractivity contribution is -0.127. The van der Waals surface area contributed by atoms with Crippen molar-refractivity contribution in [3.8, 4) is 11.3 Å². The predicted octanol–water partition coefficient (Wildman–Crippen LogP) is 2.07. The van der Waals surface area contributed by atoms with Crippen molar-refractivity contribution in [2.45, 2.75) is 19.4 Å². The van der Waals surface area contributed by atoms with Crippen LogP contribution in [0.25, 0.3) is 11.3 Å². The van der Waals surface area contributed by atoms with Gasteiger partial charge in [0.25, 0.3) is 5.91 Å². The van der Waals surface area contributed by atoms with E-state index < -0.39 is 0 Å². The van der Waals surface area contributed by atoms with E-state index in [0.717, 1.165) is 17.1 Å². The van der Waals surface area contributed by atoms with Crippen LogP contribution in [0.3, 0.4) is 0 Å². The lowest BCUT2D eigenvalue weighted by Crippen LogP contribution is -2.36. The summed E-state index contributed by atoms with van der Waals surface area (Å²) in [6, 6.07) is 9.75. The van der Waals surface area contributed by atoms with Gasteiger partial charge in [-0.25, -0.2) is 4.98 Å². The molecular formula is C16H18N4OS. The molecule has 2 aromatic rings. The minimum Gasteiger partial charge on any atom is -0.342 e. The van der Waals surface area contributed by atoms with Crippen LogP contribution in [0, 0.1) is 0 Å². The number of imidazole rings is 1. The molecule has 1 saturated heterocycles. The lowest BCUT2D eigenvalue weighted by atomic mass is 10.1. The molecule has 0 unspecified atom stereocenters. The summed E-state index contributed by atoms with van der Waals surface area (Å²) >= 11 is 5.31. The number of thiocarbonyl (C=S) groups is 1. The van der Waals surface area contributed by atoms with Crippen molar-refractivity contribution in [3.63, 3.8) is 0 Å². The van der Waals surface area contributed by atoms with Crippen molar-refractivity contribution < 1.29 is 4.79 Å². The minimum atomic E-state index is -0.266. The Balaban J connectivity index is 1.80. The highest BCUT2D eigenvalue weighted by atomic mass is 32.1. The molecule has 0 spiro atoms. The summed E-state index contributed by atoms with van der Waals surface area (Å²) in [4.78, 5) is 23.5. The molecule has 6 heteroatoms. The number of amides is 1. The SMILES string of the molecule is CCN1C(=S)N(C)C(=O)[C@@H]1Cc1ncc(-c2ccccc2)[nH]1. The number of benzene rings is 1. The van der Waals surface area contributed by atoms with Gasteiger partial charge in [0.1, 0.15) is 11.9 Å². The Kier molecular flexibility index (Phi) is 3.94. The van der Waals surface area contributed by atoms with Gasteiger partial charge >= 0.3 is 0 Å². The number of likely N-dealkylation sites (N-methyl/N-ethyl adjacent to an activating group) is 2. The van der Waals surface area contributed by atoms with Crippen molar-refractivity contribution in [1.29, 1.82) is 0 Å². The highest BCUT2D eigenvalue weighted by molar-refractivity contribution is 7.80. The minimum absolute atomic E-state index is 0.0320. The van der Waals surface area contributed by atoms with Gasteiger partial charge in [0, 0.05) is 20.0 Å². The van der Waals surface area contributed by atoms with Crippen LogP contribution in [0.15, 0.2) is 36.5 Å². The molecule has 0 saturated carbocycles. The summed E-state index contributed by atoms with van der Waals surface area (Å²) in [6.45, 7) is 2.72. The third-order valence-corrected chi connectivity index (χ3v) is 4.47. The smallest absolute Gasteiger partial charge is 0.251 e. The van der Waals surface area contributed by atoms with Crippen LogP contribution in [-0.2, 0) is 11.2 Å². The Hall–Kier alpha value is -2.21. The quantitative estimate of drug-likeness (QED) is 0.878. The van der Waals surface area contributed by atoms with Crippen LogP contribution in [-0.4, -0.2) is 50.4 Å². The largest absolute Gasteiger partial charge is 0.342 e. The van der Waals surface area contributed by atoms with Crippen LogP contribution in [0.2, 0.25) is 0 Å². The van der Waals surface area contributed by atoms with E-state index in [4.69, 9.17) is 12.2 Å². The van der Waals surface area contributed by atoms with Gasteiger partial charge in [0.05, 0.1) is 11.9 Å². The summed E-state index contributed by atoms with van der Waals surface area (Å²) < 4.78 is 0. The zero-order valence-electron chi connectivity index (χ0n) is 12.6. The molecule has 1 aliphatic rings. The zero-order chi connectivity index (χ0) is 15.7. The summed E-state index contributed by atoms with van der Waals surface area (Å²) in [6.07, 6.45) is 2.34. The van der Waals surface area contributed by atoms with Crippen LogP contribution >= 0.6 is 12.2 Å². The molecule has 1 amide bonds. The summed E-state index contributed by atoms with van der Waals surface area (Å²) in [5.74, 6) is 0.832. The summed E-state index contributed by atoms with van der Waals surface area (Å²) in [5.41, 5.74) is 2.04. The maximum absolute atomic E-state index is 12.3. The van der Waals surface area contributed by atoms with Gasteiger partial charge in [-0.15, -0.1) is 0 Å². The number of carbonyl (C=O) groups is 1. The van der Waals surface area contributed by atoms with Gasteiger partial charge in [-0.05, 0) is 24.7 Å². The van der Waals surface area contributed by atoms with Gasteiger partial charge in [-0.2, -0.15) is 0 Å². The molecule has 0 radical (unpaired) electrons. The molecular weight excluding hydrogens is 296 g/mol. The fourth-order valence-electron chi connectivity index (χ4n) is 2.74. The van der Waals surface area contributed by atoms with Gasteiger partial charge < -0.3 is 9.88 Å².